The molecular weight excluding hydrogens is 164 g/mol. The van der Waals surface area contributed by atoms with Crippen molar-refractivity contribution in [3.63, 3.8) is 0 Å². The lowest BCUT2D eigenvalue weighted by Crippen LogP contribution is -2.45. The van der Waals surface area contributed by atoms with Crippen LogP contribution in [0.1, 0.15) is 0 Å². The van der Waals surface area contributed by atoms with Crippen molar-refractivity contribution in [1.82, 2.24) is 0 Å². The fraction of sp³-hybridized carbons (Fsp3) is 0.571. The third kappa shape index (κ3) is 2.61. The van der Waals surface area contributed by atoms with Crippen molar-refractivity contribution in [1.29, 1.82) is 0 Å². The van der Waals surface area contributed by atoms with E-state index in [0.717, 1.165) is 6.08 Å². The molecule has 5 nitrogen and oxygen atoms in total. The Balaban J connectivity index is 4.29. The van der Waals surface area contributed by atoms with Crippen LogP contribution in [0.5, 0.6) is 0 Å². The number of aliphatic hydroxyl groups excluding tert-OH is 3. The lowest BCUT2D eigenvalue weighted by molar-refractivity contribution is -0.170. The number of esters is 1. The van der Waals surface area contributed by atoms with Gasteiger partial charge in [0.2, 0.25) is 0 Å². The van der Waals surface area contributed by atoms with Crippen LogP contribution in [0, 0.1) is 0 Å². The second-order valence-electron chi connectivity index (χ2n) is 2.28. The summed E-state index contributed by atoms with van der Waals surface area (Å²) in [6.45, 7) is 1.21. The molecule has 0 aromatic heterocycles. The van der Waals surface area contributed by atoms with Gasteiger partial charge in [0.15, 0.2) is 5.60 Å². The molecule has 0 heterocycles. The predicted molar refractivity (Wildman–Crippen MR) is 40.3 cm³/mol. The highest BCUT2D eigenvalue weighted by molar-refractivity contribution is 5.81. The van der Waals surface area contributed by atoms with Crippen LogP contribution in [-0.4, -0.2) is 46.7 Å². The number of rotatable bonds is 5. The molecule has 0 unspecified atom stereocenters. The number of carbonyl (C=O) groups is 1. The molecule has 0 bridgehead atoms. The Morgan fingerprint density at radius 1 is 1.33 bits per heavy atom. The zero-order valence-corrected chi connectivity index (χ0v) is 6.56. The van der Waals surface area contributed by atoms with Crippen molar-refractivity contribution in [2.45, 2.75) is 5.60 Å². The number of hydrogen-bond acceptors (Lipinski definition) is 5. The van der Waals surface area contributed by atoms with E-state index in [1.165, 1.54) is 0 Å². The first-order valence-electron chi connectivity index (χ1n) is 3.32. The summed E-state index contributed by atoms with van der Waals surface area (Å²) in [4.78, 5) is 10.6. The summed E-state index contributed by atoms with van der Waals surface area (Å²) in [5.41, 5.74) is -1.61. The highest BCUT2D eigenvalue weighted by atomic mass is 16.6. The molecule has 3 N–H and O–H groups in total. The molecule has 0 aromatic carbocycles. The summed E-state index contributed by atoms with van der Waals surface area (Å²) in [6, 6.07) is 0. The Bertz CT molecular complexity index is 153. The van der Waals surface area contributed by atoms with E-state index in [1.807, 2.05) is 0 Å². The molecule has 0 aliphatic heterocycles. The normalized spacial score (nSPS) is 10.9. The van der Waals surface area contributed by atoms with Crippen LogP contribution >= 0.6 is 0 Å². The van der Waals surface area contributed by atoms with Crippen LogP contribution in [0.25, 0.3) is 0 Å². The molecule has 0 fully saturated rings. The van der Waals surface area contributed by atoms with E-state index in [9.17, 15) is 4.79 Å². The van der Waals surface area contributed by atoms with Gasteiger partial charge in [-0.1, -0.05) is 6.58 Å². The third-order valence-corrected chi connectivity index (χ3v) is 1.35. The van der Waals surface area contributed by atoms with Gasteiger partial charge in [0, 0.05) is 6.08 Å². The predicted octanol–water partition coefficient (Wildman–Crippen LogP) is -1.57. The number of ether oxygens (including phenoxy) is 1. The van der Waals surface area contributed by atoms with Gasteiger partial charge in [-0.2, -0.15) is 0 Å². The van der Waals surface area contributed by atoms with Gasteiger partial charge in [0.25, 0.3) is 0 Å². The van der Waals surface area contributed by atoms with Crippen LogP contribution in [0.3, 0.4) is 0 Å². The molecule has 12 heavy (non-hydrogen) atoms. The average Bonchev–Trinajstić information content (AvgIpc) is 2.14. The highest BCUT2D eigenvalue weighted by Gasteiger charge is 2.31. The molecule has 70 valence electrons. The first-order valence-corrected chi connectivity index (χ1v) is 3.32. The minimum Gasteiger partial charge on any atom is -0.449 e. The van der Waals surface area contributed by atoms with Crippen LogP contribution in [0.15, 0.2) is 12.7 Å². The Morgan fingerprint density at radius 2 is 1.75 bits per heavy atom. The highest BCUT2D eigenvalue weighted by Crippen LogP contribution is 2.08. The van der Waals surface area contributed by atoms with Gasteiger partial charge in [-0.25, -0.2) is 4.79 Å². The van der Waals surface area contributed by atoms with E-state index in [4.69, 9.17) is 15.3 Å². The van der Waals surface area contributed by atoms with Crippen molar-refractivity contribution >= 4 is 5.97 Å². The van der Waals surface area contributed by atoms with E-state index < -0.39 is 31.4 Å². The van der Waals surface area contributed by atoms with Crippen molar-refractivity contribution in [3.8, 4) is 0 Å². The maximum Gasteiger partial charge on any atom is 0.330 e. The summed E-state index contributed by atoms with van der Waals surface area (Å²) in [7, 11) is 0. The van der Waals surface area contributed by atoms with Crippen LogP contribution in [-0.2, 0) is 9.53 Å². The number of hydrogen-bond donors (Lipinski definition) is 3. The molecule has 0 saturated carbocycles. The van der Waals surface area contributed by atoms with Crippen LogP contribution in [0.2, 0.25) is 0 Å². The SMILES string of the molecule is C=CC(=O)OC(CO)(CO)CO. The first kappa shape index (κ1) is 11.1. The Labute approximate surface area is 69.9 Å². The smallest absolute Gasteiger partial charge is 0.330 e. The van der Waals surface area contributed by atoms with Crippen molar-refractivity contribution in [3.05, 3.63) is 12.7 Å². The Morgan fingerprint density at radius 3 is 2.00 bits per heavy atom. The molecule has 0 rings (SSSR count). The van der Waals surface area contributed by atoms with Crippen molar-refractivity contribution in [2.75, 3.05) is 19.8 Å². The molecule has 0 atom stereocenters. The summed E-state index contributed by atoms with van der Waals surface area (Å²) < 4.78 is 4.53. The average molecular weight is 176 g/mol. The molecule has 0 saturated heterocycles. The lowest BCUT2D eigenvalue weighted by Gasteiger charge is -2.26. The van der Waals surface area contributed by atoms with Gasteiger partial charge in [-0.05, 0) is 0 Å². The summed E-state index contributed by atoms with van der Waals surface area (Å²) >= 11 is 0. The zero-order valence-electron chi connectivity index (χ0n) is 6.56. The van der Waals surface area contributed by atoms with Crippen LogP contribution in [0.4, 0.5) is 0 Å². The molecule has 0 spiro atoms. The number of aliphatic hydroxyl groups is 3. The summed E-state index contributed by atoms with van der Waals surface area (Å²) in [5, 5.41) is 26.1. The standard InChI is InChI=1S/C7H12O5/c1-2-6(11)12-7(3-8,4-9)5-10/h2,8-10H,1,3-5H2. The van der Waals surface area contributed by atoms with Gasteiger partial charge in [-0.15, -0.1) is 0 Å². The molecule has 5 heteroatoms. The van der Waals surface area contributed by atoms with Gasteiger partial charge < -0.3 is 20.1 Å². The largest absolute Gasteiger partial charge is 0.449 e. The Kier molecular flexibility index (Phi) is 4.50. The van der Waals surface area contributed by atoms with Gasteiger partial charge in [0.1, 0.15) is 0 Å². The molecule has 0 amide bonds. The molecule has 0 aromatic rings. The topological polar surface area (TPSA) is 87.0 Å². The van der Waals surface area contributed by atoms with Crippen LogP contribution < -0.4 is 0 Å². The van der Waals surface area contributed by atoms with Crippen molar-refractivity contribution < 1.29 is 24.9 Å². The molecular formula is C7H12O5. The van der Waals surface area contributed by atoms with Crippen molar-refractivity contribution in [2.24, 2.45) is 0 Å². The third-order valence-electron chi connectivity index (χ3n) is 1.35. The monoisotopic (exact) mass is 176 g/mol. The number of carbonyl (C=O) groups excluding carboxylic acids is 1. The van der Waals surface area contributed by atoms with E-state index in [1.54, 1.807) is 0 Å². The van der Waals surface area contributed by atoms with Gasteiger partial charge in [0.05, 0.1) is 19.8 Å². The minimum absolute atomic E-state index is 0.639. The zero-order chi connectivity index (χ0) is 9.61. The Hall–Kier alpha value is -0.910. The molecule has 0 aliphatic rings. The van der Waals surface area contributed by atoms with E-state index in [0.29, 0.717) is 0 Å². The summed E-state index contributed by atoms with van der Waals surface area (Å²) in [6.07, 6.45) is 0.885. The maximum absolute atomic E-state index is 10.6. The van der Waals surface area contributed by atoms with E-state index >= 15 is 0 Å². The first-order chi connectivity index (χ1) is 5.64. The second kappa shape index (κ2) is 4.87. The molecule has 0 radical (unpaired) electrons. The van der Waals surface area contributed by atoms with Gasteiger partial charge >= 0.3 is 5.97 Å². The second-order valence-corrected chi connectivity index (χ2v) is 2.28. The quantitative estimate of drug-likeness (QED) is 0.348. The maximum atomic E-state index is 10.6. The fourth-order valence-corrected chi connectivity index (χ4v) is 0.502. The minimum atomic E-state index is -1.61. The lowest BCUT2D eigenvalue weighted by atomic mass is 10.1. The van der Waals surface area contributed by atoms with E-state index in [2.05, 4.69) is 11.3 Å². The fourth-order valence-electron chi connectivity index (χ4n) is 0.502. The molecule has 0 aliphatic carbocycles. The van der Waals surface area contributed by atoms with Gasteiger partial charge in [-0.3, -0.25) is 0 Å². The van der Waals surface area contributed by atoms with E-state index in [-0.39, 0.29) is 0 Å². The summed E-state index contributed by atoms with van der Waals surface area (Å²) in [5.74, 6) is -0.799.